The summed E-state index contributed by atoms with van der Waals surface area (Å²) in [5.41, 5.74) is 1.27. The zero-order valence-corrected chi connectivity index (χ0v) is 17.5. The molecule has 7 heteroatoms. The van der Waals surface area contributed by atoms with Gasteiger partial charge in [0.1, 0.15) is 5.76 Å². The van der Waals surface area contributed by atoms with Crippen LogP contribution in [-0.4, -0.2) is 55.7 Å². The number of nitrogens with one attached hydrogen (secondary N) is 2. The number of nitrogens with zero attached hydrogens (tertiary/aromatic N) is 3. The lowest BCUT2D eigenvalue weighted by molar-refractivity contribution is 0.414. The Morgan fingerprint density at radius 2 is 2.00 bits per heavy atom. The van der Waals surface area contributed by atoms with Crippen LogP contribution in [0.1, 0.15) is 18.6 Å². The average Bonchev–Trinajstić information content (AvgIpc) is 3.26. The van der Waals surface area contributed by atoms with E-state index in [0.29, 0.717) is 5.92 Å². The predicted octanol–water partition coefficient (Wildman–Crippen LogP) is 3.03. The third kappa shape index (κ3) is 6.78. The van der Waals surface area contributed by atoms with Crippen molar-refractivity contribution in [3.63, 3.8) is 0 Å². The summed E-state index contributed by atoms with van der Waals surface area (Å²) in [4.78, 5) is 11.4. The number of piperidine rings is 1. The van der Waals surface area contributed by atoms with Gasteiger partial charge in [-0.25, -0.2) is 0 Å². The van der Waals surface area contributed by atoms with E-state index in [1.54, 1.807) is 6.26 Å². The van der Waals surface area contributed by atoms with E-state index in [1.807, 2.05) is 36.3 Å². The average molecular weight is 402 g/mol. The number of hydrogen-bond donors (Lipinski definition) is 2. The summed E-state index contributed by atoms with van der Waals surface area (Å²) < 4.78 is 5.40. The Labute approximate surface area is 172 Å². The van der Waals surface area contributed by atoms with E-state index < -0.39 is 0 Å². The van der Waals surface area contributed by atoms with Gasteiger partial charge in [0.15, 0.2) is 5.96 Å². The van der Waals surface area contributed by atoms with Crippen molar-refractivity contribution in [2.75, 3.05) is 49.6 Å². The lowest BCUT2D eigenvalue weighted by Crippen LogP contribution is -2.40. The van der Waals surface area contributed by atoms with Gasteiger partial charge in [0.25, 0.3) is 0 Å². The minimum atomic E-state index is 0.641. The van der Waals surface area contributed by atoms with E-state index in [-0.39, 0.29) is 0 Å². The van der Waals surface area contributed by atoms with E-state index in [1.165, 1.54) is 18.5 Å². The molecule has 2 N–H and O–H groups in total. The van der Waals surface area contributed by atoms with Gasteiger partial charge in [0, 0.05) is 63.0 Å². The zero-order chi connectivity index (χ0) is 19.4. The van der Waals surface area contributed by atoms with Crippen LogP contribution in [0.25, 0.3) is 0 Å². The fraction of sp³-hybridized carbons (Fsp3) is 0.524. The number of pyridine rings is 1. The highest BCUT2D eigenvalue weighted by atomic mass is 32.2. The maximum atomic E-state index is 5.40. The third-order valence-electron chi connectivity index (χ3n) is 4.99. The summed E-state index contributed by atoms with van der Waals surface area (Å²) >= 11 is 1.84. The maximum absolute atomic E-state index is 5.40. The summed E-state index contributed by atoms with van der Waals surface area (Å²) in [5, 5.41) is 6.89. The van der Waals surface area contributed by atoms with Gasteiger partial charge < -0.3 is 20.0 Å². The van der Waals surface area contributed by atoms with E-state index in [9.17, 15) is 0 Å². The first-order chi connectivity index (χ1) is 13.8. The minimum absolute atomic E-state index is 0.641. The number of guanidine groups is 1. The molecule has 0 saturated carbocycles. The molecule has 0 spiro atoms. The van der Waals surface area contributed by atoms with E-state index in [0.717, 1.165) is 56.6 Å². The smallest absolute Gasteiger partial charge is 0.191 e. The molecule has 2 aromatic rings. The molecular formula is C21H31N5OS. The molecule has 1 aliphatic heterocycles. The monoisotopic (exact) mass is 401 g/mol. The van der Waals surface area contributed by atoms with E-state index in [2.05, 4.69) is 38.9 Å². The van der Waals surface area contributed by atoms with Crippen molar-refractivity contribution in [2.45, 2.75) is 19.3 Å². The number of furan rings is 1. The molecule has 0 atom stereocenters. The summed E-state index contributed by atoms with van der Waals surface area (Å²) in [7, 11) is 0. The number of anilines is 1. The van der Waals surface area contributed by atoms with Crippen molar-refractivity contribution < 1.29 is 4.42 Å². The quantitative estimate of drug-likeness (QED) is 0.383. The van der Waals surface area contributed by atoms with Gasteiger partial charge >= 0.3 is 0 Å². The van der Waals surface area contributed by atoms with Crippen molar-refractivity contribution in [2.24, 2.45) is 10.9 Å². The molecule has 0 unspecified atom stereocenters. The van der Waals surface area contributed by atoms with E-state index >= 15 is 0 Å². The lowest BCUT2D eigenvalue weighted by atomic mass is 9.97. The fourth-order valence-corrected chi connectivity index (χ4v) is 3.66. The number of aliphatic imine (C=N–C) groups is 1. The van der Waals surface area contributed by atoms with Gasteiger partial charge in [-0.15, -0.1) is 0 Å². The van der Waals surface area contributed by atoms with Crippen LogP contribution in [0, 0.1) is 5.92 Å². The number of hydrogen-bond acceptors (Lipinski definition) is 5. The van der Waals surface area contributed by atoms with Gasteiger partial charge in [0.05, 0.1) is 6.26 Å². The Kier molecular flexibility index (Phi) is 8.55. The Balaban J connectivity index is 1.44. The molecule has 152 valence electrons. The predicted molar refractivity (Wildman–Crippen MR) is 118 cm³/mol. The third-order valence-corrected chi connectivity index (χ3v) is 5.60. The molecule has 0 aromatic carbocycles. The number of thioether (sulfide) groups is 1. The second-order valence-corrected chi connectivity index (χ2v) is 7.99. The molecular weight excluding hydrogens is 370 g/mol. The van der Waals surface area contributed by atoms with Crippen LogP contribution in [0.4, 0.5) is 5.69 Å². The number of rotatable bonds is 9. The Morgan fingerprint density at radius 1 is 1.21 bits per heavy atom. The van der Waals surface area contributed by atoms with Gasteiger partial charge in [-0.3, -0.25) is 9.98 Å². The Morgan fingerprint density at radius 3 is 2.71 bits per heavy atom. The van der Waals surface area contributed by atoms with Crippen molar-refractivity contribution >= 4 is 23.4 Å². The highest BCUT2D eigenvalue weighted by molar-refractivity contribution is 7.98. The topological polar surface area (TPSA) is 65.7 Å². The van der Waals surface area contributed by atoms with Crippen LogP contribution in [-0.2, 0) is 6.42 Å². The normalized spacial score (nSPS) is 15.6. The molecule has 1 aliphatic rings. The largest absolute Gasteiger partial charge is 0.469 e. The molecule has 2 aromatic heterocycles. The molecule has 0 aliphatic carbocycles. The first-order valence-electron chi connectivity index (χ1n) is 10.0. The molecule has 3 rings (SSSR count). The zero-order valence-electron chi connectivity index (χ0n) is 16.6. The van der Waals surface area contributed by atoms with Gasteiger partial charge in [-0.1, -0.05) is 0 Å². The standard InChI is InChI=1S/C21H31N5OS/c1-28-16-12-24-21(23-11-6-20-3-2-15-27-20)25-17-18-7-13-26(14-8-18)19-4-9-22-10-5-19/h2-5,9-10,15,18H,6-8,11-14,16-17H2,1H3,(H2,23,24,25). The lowest BCUT2D eigenvalue weighted by Gasteiger charge is -2.33. The summed E-state index contributed by atoms with van der Waals surface area (Å²) in [6, 6.07) is 8.12. The highest BCUT2D eigenvalue weighted by Crippen LogP contribution is 2.22. The fourth-order valence-electron chi connectivity index (χ4n) is 3.35. The van der Waals surface area contributed by atoms with Gasteiger partial charge in [-0.2, -0.15) is 11.8 Å². The Bertz CT molecular complexity index is 684. The molecule has 0 bridgehead atoms. The van der Waals surface area contributed by atoms with E-state index in [4.69, 9.17) is 9.41 Å². The second kappa shape index (κ2) is 11.6. The van der Waals surface area contributed by atoms with Crippen LogP contribution in [0.5, 0.6) is 0 Å². The molecule has 0 amide bonds. The second-order valence-electron chi connectivity index (χ2n) is 7.00. The highest BCUT2D eigenvalue weighted by Gasteiger charge is 2.19. The molecule has 6 nitrogen and oxygen atoms in total. The molecule has 1 fully saturated rings. The molecule has 1 saturated heterocycles. The van der Waals surface area contributed by atoms with Crippen molar-refractivity contribution in [1.29, 1.82) is 0 Å². The number of aromatic nitrogens is 1. The maximum Gasteiger partial charge on any atom is 0.191 e. The van der Waals surface area contributed by atoms with Crippen molar-refractivity contribution in [3.8, 4) is 0 Å². The van der Waals surface area contributed by atoms with Crippen molar-refractivity contribution in [3.05, 3.63) is 48.7 Å². The Hall–Kier alpha value is -2.15. The molecule has 0 radical (unpaired) electrons. The minimum Gasteiger partial charge on any atom is -0.469 e. The summed E-state index contributed by atoms with van der Waals surface area (Å²) in [5.74, 6) is 3.63. The summed E-state index contributed by atoms with van der Waals surface area (Å²) in [6.07, 6.45) is 10.8. The van der Waals surface area contributed by atoms with Gasteiger partial charge in [-0.05, 0) is 49.3 Å². The van der Waals surface area contributed by atoms with Gasteiger partial charge in [0.2, 0.25) is 0 Å². The first-order valence-corrected chi connectivity index (χ1v) is 11.4. The molecule has 28 heavy (non-hydrogen) atoms. The first kappa shape index (κ1) is 20.6. The SMILES string of the molecule is CSCCNC(=NCC1CCN(c2ccncc2)CC1)NCCc1ccco1. The van der Waals surface area contributed by atoms with Crippen LogP contribution in [0.15, 0.2) is 52.3 Å². The van der Waals surface area contributed by atoms with Crippen LogP contribution in [0.2, 0.25) is 0 Å². The van der Waals surface area contributed by atoms with Crippen molar-refractivity contribution in [1.82, 2.24) is 15.6 Å². The van der Waals surface area contributed by atoms with Crippen LogP contribution in [0.3, 0.4) is 0 Å². The molecule has 3 heterocycles. The van der Waals surface area contributed by atoms with Crippen LogP contribution >= 0.6 is 11.8 Å². The van der Waals surface area contributed by atoms with Crippen LogP contribution < -0.4 is 15.5 Å². The summed E-state index contributed by atoms with van der Waals surface area (Å²) in [6.45, 7) is 4.80.